The van der Waals surface area contributed by atoms with Gasteiger partial charge in [-0.1, -0.05) is 6.07 Å². The zero-order valence-electron chi connectivity index (χ0n) is 9.74. The average molecular weight is 258 g/mol. The summed E-state index contributed by atoms with van der Waals surface area (Å²) in [5.41, 5.74) is 6.33. The fourth-order valence-corrected chi connectivity index (χ4v) is 1.43. The number of nitrogen functional groups attached to an aromatic ring is 1. The molecule has 0 fully saturated rings. The minimum atomic E-state index is -0.531. The van der Waals surface area contributed by atoms with Crippen molar-refractivity contribution in [3.8, 4) is 0 Å². The van der Waals surface area contributed by atoms with E-state index in [0.717, 1.165) is 0 Å². The van der Waals surface area contributed by atoms with Crippen LogP contribution in [0.1, 0.15) is 10.5 Å². The number of carbonyl (C=O) groups is 1. The molecule has 19 heavy (non-hydrogen) atoms. The maximum absolute atomic E-state index is 11.8. The average Bonchev–Trinajstić information content (AvgIpc) is 2.39. The number of nitro groups is 1. The molecule has 7 nitrogen and oxygen atoms in total. The largest absolute Gasteiger partial charge is 0.397 e. The Labute approximate surface area is 108 Å². The van der Waals surface area contributed by atoms with Crippen molar-refractivity contribution in [1.82, 2.24) is 4.98 Å². The van der Waals surface area contributed by atoms with Gasteiger partial charge in [0.25, 0.3) is 11.6 Å². The number of hydrogen-bond donors (Lipinski definition) is 2. The predicted octanol–water partition coefficient (Wildman–Crippen LogP) is 1.82. The van der Waals surface area contributed by atoms with Crippen LogP contribution in [0.5, 0.6) is 0 Å². The van der Waals surface area contributed by atoms with Crippen molar-refractivity contribution >= 4 is 23.0 Å². The number of amides is 1. The van der Waals surface area contributed by atoms with Gasteiger partial charge >= 0.3 is 0 Å². The van der Waals surface area contributed by atoms with Gasteiger partial charge in [0, 0.05) is 17.8 Å². The number of rotatable bonds is 3. The van der Waals surface area contributed by atoms with Gasteiger partial charge in [-0.3, -0.25) is 14.9 Å². The molecule has 0 saturated heterocycles. The topological polar surface area (TPSA) is 111 Å². The molecule has 0 spiro atoms. The van der Waals surface area contributed by atoms with Gasteiger partial charge in [-0.2, -0.15) is 0 Å². The molecule has 0 aliphatic carbocycles. The highest BCUT2D eigenvalue weighted by atomic mass is 16.6. The number of nitrogens with one attached hydrogen (secondary N) is 1. The van der Waals surface area contributed by atoms with Crippen molar-refractivity contribution in [3.63, 3.8) is 0 Å². The highest BCUT2D eigenvalue weighted by Gasteiger charge is 2.10. The molecule has 2 rings (SSSR count). The quantitative estimate of drug-likeness (QED) is 0.644. The lowest BCUT2D eigenvalue weighted by Gasteiger charge is -2.04. The molecule has 2 aromatic rings. The highest BCUT2D eigenvalue weighted by molar-refractivity contribution is 6.03. The molecule has 96 valence electrons. The van der Waals surface area contributed by atoms with Crippen LogP contribution in [0.15, 0.2) is 42.6 Å². The van der Waals surface area contributed by atoms with Crippen molar-refractivity contribution in [1.29, 1.82) is 0 Å². The first kappa shape index (κ1) is 12.5. The Morgan fingerprint density at radius 3 is 2.74 bits per heavy atom. The second-order valence-electron chi connectivity index (χ2n) is 3.74. The van der Waals surface area contributed by atoms with Gasteiger partial charge < -0.3 is 11.1 Å². The fourth-order valence-electron chi connectivity index (χ4n) is 1.43. The van der Waals surface area contributed by atoms with Gasteiger partial charge in [0.05, 0.1) is 16.8 Å². The third-order valence-electron chi connectivity index (χ3n) is 2.33. The lowest BCUT2D eigenvalue weighted by Crippen LogP contribution is -2.13. The molecule has 0 saturated carbocycles. The van der Waals surface area contributed by atoms with E-state index in [0.29, 0.717) is 11.4 Å². The Hall–Kier alpha value is -2.96. The summed E-state index contributed by atoms with van der Waals surface area (Å²) in [6.45, 7) is 0. The summed E-state index contributed by atoms with van der Waals surface area (Å²) in [4.78, 5) is 25.8. The van der Waals surface area contributed by atoms with E-state index in [9.17, 15) is 14.9 Å². The maximum Gasteiger partial charge on any atom is 0.274 e. The van der Waals surface area contributed by atoms with E-state index in [1.165, 1.54) is 30.5 Å². The Morgan fingerprint density at radius 2 is 2.11 bits per heavy atom. The van der Waals surface area contributed by atoms with Crippen LogP contribution in [0, 0.1) is 10.1 Å². The van der Waals surface area contributed by atoms with E-state index < -0.39 is 10.8 Å². The number of benzene rings is 1. The van der Waals surface area contributed by atoms with Crippen molar-refractivity contribution in [2.24, 2.45) is 0 Å². The zero-order chi connectivity index (χ0) is 13.8. The van der Waals surface area contributed by atoms with Crippen molar-refractivity contribution in [3.05, 3.63) is 58.4 Å². The van der Waals surface area contributed by atoms with E-state index in [1.54, 1.807) is 12.1 Å². The maximum atomic E-state index is 11.8. The predicted molar refractivity (Wildman–Crippen MR) is 69.7 cm³/mol. The van der Waals surface area contributed by atoms with Crippen LogP contribution in [0.25, 0.3) is 0 Å². The van der Waals surface area contributed by atoms with Crippen molar-refractivity contribution < 1.29 is 9.72 Å². The third-order valence-corrected chi connectivity index (χ3v) is 2.33. The summed E-state index contributed by atoms with van der Waals surface area (Å²) < 4.78 is 0. The second-order valence-corrected chi connectivity index (χ2v) is 3.74. The highest BCUT2D eigenvalue weighted by Crippen LogP contribution is 2.17. The fraction of sp³-hybridized carbons (Fsp3) is 0. The molecule has 1 aromatic heterocycles. The Kier molecular flexibility index (Phi) is 3.37. The van der Waals surface area contributed by atoms with Crippen LogP contribution in [-0.4, -0.2) is 15.8 Å². The standard InChI is InChI=1S/C12H10N4O3/c13-8-4-5-11(14-7-8)12(17)15-9-2-1-3-10(6-9)16(18)19/h1-7H,13H2,(H,15,17). The number of carbonyl (C=O) groups excluding carboxylic acids is 1. The van der Waals surface area contributed by atoms with Crippen molar-refractivity contribution in [2.75, 3.05) is 11.1 Å². The molecular formula is C12H10N4O3. The lowest BCUT2D eigenvalue weighted by molar-refractivity contribution is -0.384. The number of anilines is 2. The van der Waals surface area contributed by atoms with Crippen LogP contribution < -0.4 is 11.1 Å². The molecule has 3 N–H and O–H groups in total. The van der Waals surface area contributed by atoms with Crippen molar-refractivity contribution in [2.45, 2.75) is 0 Å². The van der Waals surface area contributed by atoms with E-state index in [4.69, 9.17) is 5.73 Å². The van der Waals surface area contributed by atoms with Crippen LogP contribution in [0.4, 0.5) is 17.1 Å². The van der Waals surface area contributed by atoms with E-state index in [2.05, 4.69) is 10.3 Å². The smallest absolute Gasteiger partial charge is 0.274 e. The Morgan fingerprint density at radius 1 is 1.32 bits per heavy atom. The minimum absolute atomic E-state index is 0.0944. The SMILES string of the molecule is Nc1ccc(C(=O)Nc2cccc([N+](=O)[O-])c2)nc1. The number of hydrogen-bond acceptors (Lipinski definition) is 5. The molecule has 0 unspecified atom stereocenters. The summed E-state index contributed by atoms with van der Waals surface area (Å²) >= 11 is 0. The normalized spacial score (nSPS) is 9.89. The second kappa shape index (κ2) is 5.13. The molecule has 1 amide bonds. The molecule has 7 heteroatoms. The summed E-state index contributed by atoms with van der Waals surface area (Å²) in [5, 5.41) is 13.1. The number of nitrogens with zero attached hydrogens (tertiary/aromatic N) is 2. The monoisotopic (exact) mass is 258 g/mol. The van der Waals surface area contributed by atoms with E-state index in [-0.39, 0.29) is 11.4 Å². The molecule has 0 atom stereocenters. The van der Waals surface area contributed by atoms with Crippen LogP contribution in [-0.2, 0) is 0 Å². The number of pyridine rings is 1. The van der Waals surface area contributed by atoms with Gasteiger partial charge in [-0.25, -0.2) is 4.98 Å². The summed E-state index contributed by atoms with van der Waals surface area (Å²) in [7, 11) is 0. The molecule has 0 radical (unpaired) electrons. The number of nitrogens with two attached hydrogens (primary N) is 1. The van der Waals surface area contributed by atoms with E-state index >= 15 is 0 Å². The minimum Gasteiger partial charge on any atom is -0.397 e. The van der Waals surface area contributed by atoms with E-state index in [1.807, 2.05) is 0 Å². The van der Waals surface area contributed by atoms with Gasteiger partial charge in [0.1, 0.15) is 5.69 Å². The van der Waals surface area contributed by atoms with Crippen LogP contribution >= 0.6 is 0 Å². The number of aromatic nitrogens is 1. The molecule has 1 heterocycles. The summed E-state index contributed by atoms with van der Waals surface area (Å²) in [6, 6.07) is 8.69. The molecule has 1 aromatic carbocycles. The first-order valence-corrected chi connectivity index (χ1v) is 5.33. The first-order chi connectivity index (χ1) is 9.06. The molecular weight excluding hydrogens is 248 g/mol. The first-order valence-electron chi connectivity index (χ1n) is 5.33. The van der Waals surface area contributed by atoms with Crippen LogP contribution in [0.3, 0.4) is 0 Å². The van der Waals surface area contributed by atoms with Gasteiger partial charge in [0.15, 0.2) is 0 Å². The van der Waals surface area contributed by atoms with Gasteiger partial charge in [0.2, 0.25) is 0 Å². The molecule has 0 bridgehead atoms. The Bertz CT molecular complexity index is 625. The summed E-state index contributed by atoms with van der Waals surface area (Å²) in [5.74, 6) is -0.458. The Balaban J connectivity index is 2.17. The van der Waals surface area contributed by atoms with Gasteiger partial charge in [-0.05, 0) is 18.2 Å². The third kappa shape index (κ3) is 3.03. The summed E-state index contributed by atoms with van der Waals surface area (Å²) in [6.07, 6.45) is 1.36. The number of nitro benzene ring substituents is 1. The van der Waals surface area contributed by atoms with Gasteiger partial charge in [-0.15, -0.1) is 0 Å². The molecule has 0 aliphatic rings. The zero-order valence-corrected chi connectivity index (χ0v) is 9.74. The molecule has 0 aliphatic heterocycles. The number of non-ortho nitro benzene ring substituents is 1. The lowest BCUT2D eigenvalue weighted by atomic mass is 10.2. The van der Waals surface area contributed by atoms with Crippen LogP contribution in [0.2, 0.25) is 0 Å².